The fraction of sp³-hybridized carbons (Fsp3) is 0.167. The summed E-state index contributed by atoms with van der Waals surface area (Å²) >= 11 is 0. The van der Waals surface area contributed by atoms with Crippen molar-refractivity contribution < 1.29 is 18.3 Å². The molecule has 0 saturated carbocycles. The third kappa shape index (κ3) is 3.89. The van der Waals surface area contributed by atoms with E-state index in [1.807, 2.05) is 24.3 Å². The maximum Gasteiger partial charge on any atom is 0.183 e. The van der Waals surface area contributed by atoms with E-state index in [4.69, 9.17) is 15.9 Å². The molecule has 138 valence electrons. The molecule has 0 amide bonds. The second-order valence-corrected chi connectivity index (χ2v) is 6.56. The maximum absolute atomic E-state index is 13.4. The van der Waals surface area contributed by atoms with E-state index < -0.39 is 17.9 Å². The van der Waals surface area contributed by atoms with Crippen molar-refractivity contribution in [2.75, 3.05) is 13.2 Å². The molecule has 1 heterocycles. The molecule has 1 fully saturated rings. The number of hydrogen-bond acceptors (Lipinski definition) is 2. The quantitative estimate of drug-likeness (QED) is 0.569. The van der Waals surface area contributed by atoms with Crippen molar-refractivity contribution in [1.82, 2.24) is 0 Å². The van der Waals surface area contributed by atoms with Crippen molar-refractivity contribution in [3.63, 3.8) is 0 Å². The van der Waals surface area contributed by atoms with Gasteiger partial charge in [0.1, 0.15) is 0 Å². The zero-order valence-corrected chi connectivity index (χ0v) is 14.9. The summed E-state index contributed by atoms with van der Waals surface area (Å²) in [5.41, 5.74) is 2.46. The van der Waals surface area contributed by atoms with Gasteiger partial charge in [0.25, 0.3) is 0 Å². The van der Waals surface area contributed by atoms with Gasteiger partial charge in [-0.25, -0.2) is 8.78 Å². The molecule has 0 radical (unpaired) electrons. The maximum atomic E-state index is 13.4. The number of halogens is 2. The molecule has 0 spiro atoms. The number of ether oxygens (including phenoxy) is 2. The lowest BCUT2D eigenvalue weighted by atomic mass is 10.1. The van der Waals surface area contributed by atoms with Gasteiger partial charge < -0.3 is 9.47 Å². The first-order valence-electron chi connectivity index (χ1n) is 8.82. The lowest BCUT2D eigenvalue weighted by molar-refractivity contribution is -0.196. The Labute approximate surface area is 162 Å². The molecule has 4 heteroatoms. The number of hydrogen-bond donors (Lipinski definition) is 0. The van der Waals surface area contributed by atoms with E-state index in [0.717, 1.165) is 16.7 Å². The van der Waals surface area contributed by atoms with E-state index >= 15 is 0 Å². The van der Waals surface area contributed by atoms with E-state index in [2.05, 4.69) is 17.8 Å². The molecule has 0 bridgehead atoms. The number of fused-ring (bicyclic) bond motifs is 1. The number of benzene rings is 3. The third-order valence-corrected chi connectivity index (χ3v) is 4.55. The molecule has 0 N–H and O–H groups in total. The average molecular weight is 374 g/mol. The van der Waals surface area contributed by atoms with Gasteiger partial charge in [0.2, 0.25) is 0 Å². The van der Waals surface area contributed by atoms with Crippen molar-refractivity contribution in [2.45, 2.75) is 6.29 Å². The van der Waals surface area contributed by atoms with Gasteiger partial charge in [-0.2, -0.15) is 0 Å². The van der Waals surface area contributed by atoms with Gasteiger partial charge >= 0.3 is 0 Å². The zero-order chi connectivity index (χ0) is 19.5. The molecule has 0 aromatic heterocycles. The highest BCUT2D eigenvalue weighted by molar-refractivity contribution is 5.84. The summed E-state index contributed by atoms with van der Waals surface area (Å²) in [5.74, 6) is 7.02. The summed E-state index contributed by atoms with van der Waals surface area (Å²) < 4.78 is 38.0. The standard InChI is InChI=1S/C24H16F2O2/c1-2-16-14-27-24(28-15-16)19-8-5-17(6-9-19)3-4-18-7-10-20-12-22(25)23(26)13-21(20)11-18/h1,5-13,16,24H,14-15H2. The van der Waals surface area contributed by atoms with Crippen molar-refractivity contribution in [3.05, 3.63) is 82.9 Å². The van der Waals surface area contributed by atoms with Crippen LogP contribution in [0.2, 0.25) is 0 Å². The Morgan fingerprint density at radius 1 is 0.786 bits per heavy atom. The Balaban J connectivity index is 1.50. The predicted molar refractivity (Wildman–Crippen MR) is 103 cm³/mol. The van der Waals surface area contributed by atoms with Crippen LogP contribution in [-0.4, -0.2) is 13.2 Å². The summed E-state index contributed by atoms with van der Waals surface area (Å²) in [5, 5.41) is 1.24. The molecular formula is C24H16F2O2. The van der Waals surface area contributed by atoms with Gasteiger partial charge in [0, 0.05) is 16.7 Å². The molecule has 4 rings (SSSR count). The molecular weight excluding hydrogens is 358 g/mol. The summed E-state index contributed by atoms with van der Waals surface area (Å²) in [4.78, 5) is 0. The summed E-state index contributed by atoms with van der Waals surface area (Å²) in [6.45, 7) is 0.963. The van der Waals surface area contributed by atoms with Crippen molar-refractivity contribution in [1.29, 1.82) is 0 Å². The molecule has 28 heavy (non-hydrogen) atoms. The lowest BCUT2D eigenvalue weighted by Gasteiger charge is -2.27. The highest BCUT2D eigenvalue weighted by Crippen LogP contribution is 2.25. The van der Waals surface area contributed by atoms with Crippen LogP contribution < -0.4 is 0 Å². The Morgan fingerprint density at radius 2 is 1.39 bits per heavy atom. The molecule has 1 aliphatic heterocycles. The second kappa shape index (κ2) is 7.82. The average Bonchev–Trinajstić information content (AvgIpc) is 2.73. The van der Waals surface area contributed by atoms with Crippen LogP contribution in [0, 0.1) is 41.7 Å². The first kappa shape index (κ1) is 18.2. The fourth-order valence-electron chi connectivity index (χ4n) is 2.98. The lowest BCUT2D eigenvalue weighted by Crippen LogP contribution is -2.25. The second-order valence-electron chi connectivity index (χ2n) is 6.56. The van der Waals surface area contributed by atoms with Gasteiger partial charge in [-0.05, 0) is 47.2 Å². The Morgan fingerprint density at radius 3 is 2.07 bits per heavy atom. The van der Waals surface area contributed by atoms with Crippen LogP contribution in [-0.2, 0) is 9.47 Å². The van der Waals surface area contributed by atoms with Crippen LogP contribution in [0.3, 0.4) is 0 Å². The Bertz CT molecular complexity index is 1110. The molecule has 1 saturated heterocycles. The highest BCUT2D eigenvalue weighted by atomic mass is 19.2. The van der Waals surface area contributed by atoms with E-state index in [0.29, 0.717) is 24.0 Å². The minimum atomic E-state index is -0.867. The molecule has 1 aliphatic rings. The molecule has 3 aromatic rings. The minimum absolute atomic E-state index is 0.00619. The minimum Gasteiger partial charge on any atom is -0.347 e. The van der Waals surface area contributed by atoms with E-state index in [1.165, 1.54) is 12.1 Å². The SMILES string of the molecule is C#CC1COC(c2ccc(C#Cc3ccc4cc(F)c(F)cc4c3)cc2)OC1. The smallest absolute Gasteiger partial charge is 0.183 e. The van der Waals surface area contributed by atoms with Crippen LogP contribution in [0.15, 0.2) is 54.6 Å². The monoisotopic (exact) mass is 374 g/mol. The van der Waals surface area contributed by atoms with Gasteiger partial charge in [-0.3, -0.25) is 0 Å². The normalized spacial score (nSPS) is 18.9. The van der Waals surface area contributed by atoms with Crippen LogP contribution in [0.4, 0.5) is 8.78 Å². The fourth-order valence-corrected chi connectivity index (χ4v) is 2.98. The highest BCUT2D eigenvalue weighted by Gasteiger charge is 2.21. The molecule has 3 aromatic carbocycles. The van der Waals surface area contributed by atoms with Crippen LogP contribution >= 0.6 is 0 Å². The van der Waals surface area contributed by atoms with Gasteiger partial charge in [0.15, 0.2) is 17.9 Å². The summed E-state index contributed by atoms with van der Waals surface area (Å²) in [6, 6.07) is 15.2. The van der Waals surface area contributed by atoms with Gasteiger partial charge in [-0.15, -0.1) is 6.42 Å². The van der Waals surface area contributed by atoms with Crippen molar-refractivity contribution >= 4 is 10.8 Å². The van der Waals surface area contributed by atoms with E-state index in [-0.39, 0.29) is 5.92 Å². The van der Waals surface area contributed by atoms with E-state index in [1.54, 1.807) is 18.2 Å². The topological polar surface area (TPSA) is 18.5 Å². The number of rotatable bonds is 1. The van der Waals surface area contributed by atoms with Crippen molar-refractivity contribution in [3.8, 4) is 24.2 Å². The van der Waals surface area contributed by atoms with Gasteiger partial charge in [0.05, 0.1) is 19.1 Å². The Hall–Kier alpha value is -3.18. The van der Waals surface area contributed by atoms with Gasteiger partial charge in [-0.1, -0.05) is 36.0 Å². The third-order valence-electron chi connectivity index (χ3n) is 4.55. The van der Waals surface area contributed by atoms with Crippen LogP contribution in [0.1, 0.15) is 23.0 Å². The molecule has 0 atom stereocenters. The largest absolute Gasteiger partial charge is 0.347 e. The zero-order valence-electron chi connectivity index (χ0n) is 14.9. The molecule has 0 unspecified atom stereocenters. The summed E-state index contributed by atoms with van der Waals surface area (Å²) in [7, 11) is 0. The molecule has 0 aliphatic carbocycles. The van der Waals surface area contributed by atoms with E-state index in [9.17, 15) is 8.78 Å². The first-order valence-corrected chi connectivity index (χ1v) is 8.82. The predicted octanol–water partition coefficient (Wildman–Crippen LogP) is 4.81. The summed E-state index contributed by atoms with van der Waals surface area (Å²) in [6.07, 6.45) is 4.96. The van der Waals surface area contributed by atoms with Crippen molar-refractivity contribution in [2.24, 2.45) is 5.92 Å². The first-order chi connectivity index (χ1) is 13.6. The van der Waals surface area contributed by atoms with Crippen LogP contribution in [0.25, 0.3) is 10.8 Å². The van der Waals surface area contributed by atoms with Crippen LogP contribution in [0.5, 0.6) is 0 Å². The Kier molecular flexibility index (Phi) is 5.08. The number of terminal acetylenes is 1. The molecule has 2 nitrogen and oxygen atoms in total.